The van der Waals surface area contributed by atoms with Crippen molar-refractivity contribution in [3.63, 3.8) is 0 Å². The number of nitrogens with zero attached hydrogens (tertiary/aromatic N) is 1. The van der Waals surface area contributed by atoms with E-state index in [1.165, 1.54) is 0 Å². The maximum Gasteiger partial charge on any atom is 0.223 e. The number of carbonyl (C=O) groups is 1. The standard InChI is InChI=1S/C14H28N2O/c1-13(2,9-10-15)8-6-12(17)16-11-5-7-14(16,3)4/h5-11,15H2,1-4H3. The van der Waals surface area contributed by atoms with E-state index >= 15 is 0 Å². The van der Waals surface area contributed by atoms with Gasteiger partial charge >= 0.3 is 0 Å². The third-order valence-corrected chi connectivity index (χ3v) is 4.04. The number of likely N-dealkylation sites (tertiary alicyclic amines) is 1. The summed E-state index contributed by atoms with van der Waals surface area (Å²) >= 11 is 0. The molecule has 3 nitrogen and oxygen atoms in total. The van der Waals surface area contributed by atoms with Crippen molar-refractivity contribution in [1.29, 1.82) is 0 Å². The SMILES string of the molecule is CC(C)(CCN)CCC(=O)N1CCCC1(C)C. The van der Waals surface area contributed by atoms with E-state index in [1.54, 1.807) is 0 Å². The van der Waals surface area contributed by atoms with Gasteiger partial charge < -0.3 is 10.6 Å². The van der Waals surface area contributed by atoms with Crippen LogP contribution >= 0.6 is 0 Å². The molecule has 0 bridgehead atoms. The van der Waals surface area contributed by atoms with Crippen LogP contribution in [0.25, 0.3) is 0 Å². The third-order valence-electron chi connectivity index (χ3n) is 4.04. The van der Waals surface area contributed by atoms with Gasteiger partial charge in [0.2, 0.25) is 5.91 Å². The first-order valence-corrected chi connectivity index (χ1v) is 6.79. The highest BCUT2D eigenvalue weighted by Crippen LogP contribution is 2.31. The Morgan fingerprint density at radius 3 is 2.47 bits per heavy atom. The van der Waals surface area contributed by atoms with Gasteiger partial charge in [-0.05, 0) is 51.5 Å². The van der Waals surface area contributed by atoms with Crippen LogP contribution in [0.4, 0.5) is 0 Å². The lowest BCUT2D eigenvalue weighted by Crippen LogP contribution is -2.42. The monoisotopic (exact) mass is 240 g/mol. The molecule has 0 spiro atoms. The Bertz CT molecular complexity index is 271. The molecular formula is C14H28N2O. The average molecular weight is 240 g/mol. The average Bonchev–Trinajstić information content (AvgIpc) is 2.55. The van der Waals surface area contributed by atoms with Crippen LogP contribution in [0.3, 0.4) is 0 Å². The van der Waals surface area contributed by atoms with Gasteiger partial charge in [0, 0.05) is 18.5 Å². The van der Waals surface area contributed by atoms with Crippen LogP contribution in [0.2, 0.25) is 0 Å². The highest BCUT2D eigenvalue weighted by Gasteiger charge is 2.35. The Hall–Kier alpha value is -0.570. The van der Waals surface area contributed by atoms with Gasteiger partial charge in [-0.25, -0.2) is 0 Å². The summed E-state index contributed by atoms with van der Waals surface area (Å²) in [6, 6.07) is 0. The molecule has 2 N–H and O–H groups in total. The molecule has 3 heteroatoms. The third kappa shape index (κ3) is 3.98. The molecule has 1 aliphatic heterocycles. The second-order valence-electron chi connectivity index (χ2n) is 6.66. The van der Waals surface area contributed by atoms with Crippen molar-refractivity contribution in [2.75, 3.05) is 13.1 Å². The Labute approximate surface area is 106 Å². The van der Waals surface area contributed by atoms with Crippen LogP contribution in [0, 0.1) is 5.41 Å². The molecule has 0 atom stereocenters. The Kier molecular flexibility index (Phi) is 4.59. The smallest absolute Gasteiger partial charge is 0.223 e. The van der Waals surface area contributed by atoms with Gasteiger partial charge in [0.1, 0.15) is 0 Å². The summed E-state index contributed by atoms with van der Waals surface area (Å²) < 4.78 is 0. The van der Waals surface area contributed by atoms with Crippen molar-refractivity contribution in [3.8, 4) is 0 Å². The lowest BCUT2D eigenvalue weighted by atomic mass is 9.84. The number of carbonyl (C=O) groups excluding carboxylic acids is 1. The highest BCUT2D eigenvalue weighted by molar-refractivity contribution is 5.77. The van der Waals surface area contributed by atoms with E-state index in [1.807, 2.05) is 0 Å². The minimum Gasteiger partial charge on any atom is -0.338 e. The lowest BCUT2D eigenvalue weighted by Gasteiger charge is -2.33. The summed E-state index contributed by atoms with van der Waals surface area (Å²) in [5, 5.41) is 0. The van der Waals surface area contributed by atoms with Crippen molar-refractivity contribution < 1.29 is 4.79 Å². The zero-order valence-electron chi connectivity index (χ0n) is 11.9. The molecule has 0 saturated carbocycles. The summed E-state index contributed by atoms with van der Waals surface area (Å²) in [6.07, 6.45) is 4.87. The van der Waals surface area contributed by atoms with Crippen LogP contribution in [-0.4, -0.2) is 29.4 Å². The number of nitrogens with two attached hydrogens (primary N) is 1. The Morgan fingerprint density at radius 1 is 1.35 bits per heavy atom. The second kappa shape index (κ2) is 5.38. The molecule has 17 heavy (non-hydrogen) atoms. The molecule has 0 aromatic carbocycles. The molecule has 1 aliphatic rings. The topological polar surface area (TPSA) is 46.3 Å². The molecule has 0 unspecified atom stereocenters. The summed E-state index contributed by atoms with van der Waals surface area (Å²) in [5.74, 6) is 0.317. The summed E-state index contributed by atoms with van der Waals surface area (Å²) in [5.41, 5.74) is 5.84. The molecule has 1 saturated heterocycles. The number of rotatable bonds is 5. The maximum absolute atomic E-state index is 12.2. The van der Waals surface area contributed by atoms with E-state index in [9.17, 15) is 4.79 Å². The van der Waals surface area contributed by atoms with E-state index in [-0.39, 0.29) is 11.0 Å². The molecule has 100 valence electrons. The van der Waals surface area contributed by atoms with Gasteiger partial charge in [-0.2, -0.15) is 0 Å². The van der Waals surface area contributed by atoms with Gasteiger partial charge in [-0.15, -0.1) is 0 Å². The molecule has 1 rings (SSSR count). The molecule has 1 fully saturated rings. The van der Waals surface area contributed by atoms with E-state index < -0.39 is 0 Å². The van der Waals surface area contributed by atoms with Crippen LogP contribution in [-0.2, 0) is 4.79 Å². The van der Waals surface area contributed by atoms with Gasteiger partial charge in [-0.3, -0.25) is 4.79 Å². The van der Waals surface area contributed by atoms with E-state index in [0.717, 1.165) is 32.2 Å². The fraction of sp³-hybridized carbons (Fsp3) is 0.929. The zero-order chi connectivity index (χ0) is 13.1. The molecule has 0 aromatic heterocycles. The molecule has 0 aliphatic carbocycles. The van der Waals surface area contributed by atoms with Crippen LogP contribution in [0.1, 0.15) is 59.8 Å². The fourth-order valence-electron chi connectivity index (χ4n) is 2.67. The predicted molar refractivity (Wildman–Crippen MR) is 71.7 cm³/mol. The van der Waals surface area contributed by atoms with Gasteiger partial charge in [0.25, 0.3) is 0 Å². The molecule has 0 radical (unpaired) electrons. The number of hydrogen-bond acceptors (Lipinski definition) is 2. The Morgan fingerprint density at radius 2 is 2.00 bits per heavy atom. The largest absolute Gasteiger partial charge is 0.338 e. The molecular weight excluding hydrogens is 212 g/mol. The quantitative estimate of drug-likeness (QED) is 0.802. The van der Waals surface area contributed by atoms with Crippen molar-refractivity contribution in [3.05, 3.63) is 0 Å². The second-order valence-corrected chi connectivity index (χ2v) is 6.66. The van der Waals surface area contributed by atoms with Crippen molar-refractivity contribution >= 4 is 5.91 Å². The number of amides is 1. The van der Waals surface area contributed by atoms with Crippen molar-refractivity contribution in [2.24, 2.45) is 11.1 Å². The molecule has 1 heterocycles. The first-order chi connectivity index (χ1) is 7.78. The minimum absolute atomic E-state index is 0.0646. The Balaban J connectivity index is 2.45. The predicted octanol–water partition coefficient (Wildman–Crippen LogP) is 2.54. The molecule has 1 amide bonds. The van der Waals surface area contributed by atoms with Crippen LogP contribution in [0.15, 0.2) is 0 Å². The maximum atomic E-state index is 12.2. The number of hydrogen-bond donors (Lipinski definition) is 1. The first-order valence-electron chi connectivity index (χ1n) is 6.79. The van der Waals surface area contributed by atoms with Crippen molar-refractivity contribution in [1.82, 2.24) is 4.90 Å². The van der Waals surface area contributed by atoms with Crippen LogP contribution in [0.5, 0.6) is 0 Å². The summed E-state index contributed by atoms with van der Waals surface area (Å²) in [6.45, 7) is 10.4. The zero-order valence-corrected chi connectivity index (χ0v) is 11.9. The van der Waals surface area contributed by atoms with Crippen molar-refractivity contribution in [2.45, 2.75) is 65.3 Å². The molecule has 0 aromatic rings. The van der Waals surface area contributed by atoms with E-state index in [4.69, 9.17) is 5.73 Å². The van der Waals surface area contributed by atoms with Gasteiger partial charge in [0.15, 0.2) is 0 Å². The van der Waals surface area contributed by atoms with Gasteiger partial charge in [-0.1, -0.05) is 13.8 Å². The minimum atomic E-state index is 0.0646. The summed E-state index contributed by atoms with van der Waals surface area (Å²) in [7, 11) is 0. The van der Waals surface area contributed by atoms with Crippen LogP contribution < -0.4 is 5.73 Å². The lowest BCUT2D eigenvalue weighted by molar-refractivity contribution is -0.134. The highest BCUT2D eigenvalue weighted by atomic mass is 16.2. The first kappa shape index (κ1) is 14.5. The van der Waals surface area contributed by atoms with E-state index in [2.05, 4.69) is 32.6 Å². The van der Waals surface area contributed by atoms with Gasteiger partial charge in [0.05, 0.1) is 0 Å². The summed E-state index contributed by atoms with van der Waals surface area (Å²) in [4.78, 5) is 14.3. The van der Waals surface area contributed by atoms with E-state index in [0.29, 0.717) is 18.9 Å². The normalized spacial score (nSPS) is 19.7. The fourth-order valence-corrected chi connectivity index (χ4v) is 2.67.